The Balaban J connectivity index is 1.76. The number of carbonyl (C=O) groups is 3. The van der Waals surface area contributed by atoms with Crippen molar-refractivity contribution < 1.29 is 24.2 Å². The Labute approximate surface area is 145 Å². The molecular weight excluding hydrogens is 326 g/mol. The number of nitrogens with one attached hydrogen (secondary N) is 2. The highest BCUT2D eigenvalue weighted by atomic mass is 16.5. The lowest BCUT2D eigenvalue weighted by Crippen LogP contribution is -2.50. The molecule has 0 aromatic heterocycles. The quantitative estimate of drug-likeness (QED) is 0.544. The summed E-state index contributed by atoms with van der Waals surface area (Å²) in [4.78, 5) is 35.1. The van der Waals surface area contributed by atoms with Gasteiger partial charge in [-0.15, -0.1) is 0 Å². The lowest BCUT2D eigenvalue weighted by molar-refractivity contribution is -0.142. The van der Waals surface area contributed by atoms with Gasteiger partial charge in [0.15, 0.2) is 0 Å². The minimum atomic E-state index is -1.12. The number of rotatable bonds is 8. The summed E-state index contributed by atoms with van der Waals surface area (Å²) in [6.45, 7) is 1.54. The Hall–Kier alpha value is -2.61. The van der Waals surface area contributed by atoms with Crippen LogP contribution in [0, 0.1) is 5.92 Å². The van der Waals surface area contributed by atoms with E-state index in [1.165, 1.54) is 6.92 Å². The molecular formula is C17H23N3O5. The van der Waals surface area contributed by atoms with Crippen LogP contribution in [0.4, 0.5) is 4.79 Å². The number of hydrogen-bond donors (Lipinski definition) is 4. The van der Waals surface area contributed by atoms with E-state index in [1.807, 2.05) is 30.3 Å². The minimum absolute atomic E-state index is 0.00210. The topological polar surface area (TPSA) is 131 Å². The van der Waals surface area contributed by atoms with Crippen molar-refractivity contribution in [2.24, 2.45) is 11.7 Å². The van der Waals surface area contributed by atoms with Crippen LogP contribution in [-0.4, -0.2) is 41.2 Å². The Morgan fingerprint density at radius 1 is 1.28 bits per heavy atom. The molecule has 0 spiro atoms. The number of ether oxygens (including phenoxy) is 1. The van der Waals surface area contributed by atoms with Crippen molar-refractivity contribution in [1.29, 1.82) is 0 Å². The fraction of sp³-hybridized carbons (Fsp3) is 0.471. The summed E-state index contributed by atoms with van der Waals surface area (Å²) in [6.07, 6.45) is 0.301. The Morgan fingerprint density at radius 2 is 1.92 bits per heavy atom. The zero-order valence-electron chi connectivity index (χ0n) is 14.0. The van der Waals surface area contributed by atoms with E-state index in [9.17, 15) is 19.5 Å². The van der Waals surface area contributed by atoms with Crippen molar-refractivity contribution in [1.82, 2.24) is 10.6 Å². The molecule has 1 aromatic rings. The normalized spacial score (nSPS) is 20.9. The molecule has 0 saturated heterocycles. The van der Waals surface area contributed by atoms with E-state index in [0.717, 1.165) is 12.0 Å². The van der Waals surface area contributed by atoms with Crippen molar-refractivity contribution in [3.63, 3.8) is 0 Å². The Kier molecular flexibility index (Phi) is 6.35. The molecule has 8 nitrogen and oxygen atoms in total. The standard InChI is InChI=1S/C17H23N3O5/c1-10(19-17(24)25-9-11-5-3-2-4-6-11)15(21)20-14(16(22)23)8-12-7-13(12)18/h2-6,10,12-14H,7-9,18H2,1H3,(H,19,24)(H,20,21)(H,22,23)/t10-,12+,13-,14-/m0/s1. The van der Waals surface area contributed by atoms with Gasteiger partial charge in [-0.1, -0.05) is 30.3 Å². The predicted octanol–water partition coefficient (Wildman–Crippen LogP) is 0.608. The molecule has 0 unspecified atom stereocenters. The van der Waals surface area contributed by atoms with Crippen LogP contribution in [0.1, 0.15) is 25.3 Å². The summed E-state index contributed by atoms with van der Waals surface area (Å²) in [5.74, 6) is -1.59. The molecule has 136 valence electrons. The molecule has 1 aliphatic rings. The van der Waals surface area contributed by atoms with Gasteiger partial charge in [0, 0.05) is 6.04 Å². The summed E-state index contributed by atoms with van der Waals surface area (Å²) >= 11 is 0. The van der Waals surface area contributed by atoms with Gasteiger partial charge in [-0.2, -0.15) is 0 Å². The van der Waals surface area contributed by atoms with Gasteiger partial charge in [0.05, 0.1) is 0 Å². The Bertz CT molecular complexity index is 622. The first-order valence-electron chi connectivity index (χ1n) is 8.12. The molecule has 1 aromatic carbocycles. The molecule has 0 radical (unpaired) electrons. The number of hydrogen-bond acceptors (Lipinski definition) is 5. The molecule has 0 aliphatic heterocycles. The van der Waals surface area contributed by atoms with Gasteiger partial charge in [-0.25, -0.2) is 9.59 Å². The van der Waals surface area contributed by atoms with E-state index in [1.54, 1.807) is 0 Å². The first kappa shape index (κ1) is 18.7. The van der Waals surface area contributed by atoms with Gasteiger partial charge in [-0.3, -0.25) is 4.79 Å². The first-order chi connectivity index (χ1) is 11.9. The van der Waals surface area contributed by atoms with E-state index >= 15 is 0 Å². The van der Waals surface area contributed by atoms with E-state index < -0.39 is 30.1 Å². The molecule has 5 N–H and O–H groups in total. The van der Waals surface area contributed by atoms with E-state index in [2.05, 4.69) is 10.6 Å². The first-order valence-corrected chi connectivity index (χ1v) is 8.12. The maximum Gasteiger partial charge on any atom is 0.408 e. The van der Waals surface area contributed by atoms with E-state index in [0.29, 0.717) is 0 Å². The van der Waals surface area contributed by atoms with Gasteiger partial charge in [0.1, 0.15) is 18.7 Å². The number of amides is 2. The van der Waals surface area contributed by atoms with Gasteiger partial charge in [0.25, 0.3) is 0 Å². The number of carboxylic acids is 1. The highest BCUT2D eigenvalue weighted by molar-refractivity contribution is 5.88. The van der Waals surface area contributed by atoms with Gasteiger partial charge in [-0.05, 0) is 31.2 Å². The molecule has 1 fully saturated rings. The molecule has 8 heteroatoms. The zero-order valence-corrected chi connectivity index (χ0v) is 14.0. The monoisotopic (exact) mass is 349 g/mol. The SMILES string of the molecule is C[C@H](NC(=O)OCc1ccccc1)C(=O)N[C@@H](C[C@H]1C[C@@H]1N)C(=O)O. The molecule has 2 rings (SSSR count). The molecule has 2 amide bonds. The fourth-order valence-corrected chi connectivity index (χ4v) is 2.37. The van der Waals surface area contributed by atoms with Crippen molar-refractivity contribution in [2.75, 3.05) is 0 Å². The summed E-state index contributed by atoms with van der Waals surface area (Å²) < 4.78 is 5.03. The second-order valence-corrected chi connectivity index (χ2v) is 6.22. The molecule has 1 saturated carbocycles. The van der Waals surface area contributed by atoms with Crippen LogP contribution >= 0.6 is 0 Å². The van der Waals surface area contributed by atoms with Crippen LogP contribution in [0.15, 0.2) is 30.3 Å². The third-order valence-electron chi connectivity index (χ3n) is 4.07. The smallest absolute Gasteiger partial charge is 0.408 e. The lowest BCUT2D eigenvalue weighted by Gasteiger charge is -2.18. The minimum Gasteiger partial charge on any atom is -0.480 e. The second-order valence-electron chi connectivity index (χ2n) is 6.22. The van der Waals surface area contributed by atoms with Crippen molar-refractivity contribution >= 4 is 18.0 Å². The van der Waals surface area contributed by atoms with E-state index in [4.69, 9.17) is 10.5 Å². The number of nitrogens with two attached hydrogens (primary N) is 1. The maximum absolute atomic E-state index is 12.1. The predicted molar refractivity (Wildman–Crippen MR) is 89.5 cm³/mol. The maximum atomic E-state index is 12.1. The largest absolute Gasteiger partial charge is 0.480 e. The summed E-state index contributed by atoms with van der Waals surface area (Å²) in [5, 5.41) is 14.0. The zero-order chi connectivity index (χ0) is 18.4. The van der Waals surface area contributed by atoms with Gasteiger partial charge >= 0.3 is 12.1 Å². The van der Waals surface area contributed by atoms with E-state index in [-0.39, 0.29) is 25.0 Å². The van der Waals surface area contributed by atoms with Crippen molar-refractivity contribution in [3.05, 3.63) is 35.9 Å². The molecule has 4 atom stereocenters. The molecule has 0 heterocycles. The van der Waals surface area contributed by atoms with Crippen LogP contribution in [0.2, 0.25) is 0 Å². The van der Waals surface area contributed by atoms with Gasteiger partial charge < -0.3 is 26.2 Å². The summed E-state index contributed by atoms with van der Waals surface area (Å²) in [7, 11) is 0. The average molecular weight is 349 g/mol. The highest BCUT2D eigenvalue weighted by Gasteiger charge is 2.38. The summed E-state index contributed by atoms with van der Waals surface area (Å²) in [5.41, 5.74) is 6.49. The number of carboxylic acid groups (broad SMARTS) is 1. The highest BCUT2D eigenvalue weighted by Crippen LogP contribution is 2.32. The number of aliphatic carboxylic acids is 1. The van der Waals surface area contributed by atoms with Crippen LogP contribution in [0.3, 0.4) is 0 Å². The van der Waals surface area contributed by atoms with Gasteiger partial charge in [0.2, 0.25) is 5.91 Å². The molecule has 1 aliphatic carbocycles. The summed E-state index contributed by atoms with van der Waals surface area (Å²) in [6, 6.07) is 7.18. The molecule has 25 heavy (non-hydrogen) atoms. The Morgan fingerprint density at radius 3 is 2.48 bits per heavy atom. The molecule has 0 bridgehead atoms. The van der Waals surface area contributed by atoms with Crippen LogP contribution < -0.4 is 16.4 Å². The second kappa shape index (κ2) is 8.48. The average Bonchev–Trinajstić information content (AvgIpc) is 3.28. The number of benzene rings is 1. The van der Waals surface area contributed by atoms with Crippen LogP contribution in [-0.2, 0) is 20.9 Å². The van der Waals surface area contributed by atoms with Crippen LogP contribution in [0.25, 0.3) is 0 Å². The van der Waals surface area contributed by atoms with Crippen molar-refractivity contribution in [2.45, 2.75) is 44.5 Å². The third-order valence-corrected chi connectivity index (χ3v) is 4.07. The fourth-order valence-electron chi connectivity index (χ4n) is 2.37. The number of alkyl carbamates (subject to hydrolysis) is 1. The lowest BCUT2D eigenvalue weighted by atomic mass is 10.1. The number of carbonyl (C=O) groups excluding carboxylic acids is 2. The third kappa shape index (κ3) is 6.07. The van der Waals surface area contributed by atoms with Crippen LogP contribution in [0.5, 0.6) is 0 Å². The van der Waals surface area contributed by atoms with Crippen molar-refractivity contribution in [3.8, 4) is 0 Å².